The number of piperazine rings is 1. The Morgan fingerprint density at radius 3 is 1.46 bits per heavy atom. The van der Waals surface area contributed by atoms with Gasteiger partial charge in [-0.2, -0.15) is 0 Å². The van der Waals surface area contributed by atoms with Gasteiger partial charge in [0.15, 0.2) is 13.2 Å². The van der Waals surface area contributed by atoms with Crippen LogP contribution in [0.4, 0.5) is 0 Å². The molecule has 2 unspecified atom stereocenters. The van der Waals surface area contributed by atoms with E-state index in [1.54, 1.807) is 9.80 Å². The summed E-state index contributed by atoms with van der Waals surface area (Å²) in [6.07, 6.45) is 0. The first kappa shape index (κ1) is 19.7. The Hall–Kier alpha value is -3.02. The number of nitrogens with zero attached hydrogens (tertiary/aromatic N) is 2. The Balaban J connectivity index is 1.51. The monoisotopic (exact) mass is 382 g/mol. The van der Waals surface area contributed by atoms with Crippen LogP contribution in [-0.4, -0.2) is 60.0 Å². The number of ether oxygens (including phenoxy) is 2. The van der Waals surface area contributed by atoms with Gasteiger partial charge in [-0.15, -0.1) is 0 Å². The van der Waals surface area contributed by atoms with E-state index in [2.05, 4.69) is 0 Å². The topological polar surface area (TPSA) is 59.1 Å². The van der Waals surface area contributed by atoms with Gasteiger partial charge in [-0.1, -0.05) is 36.4 Å². The molecule has 0 saturated carbocycles. The number of para-hydroxylation sites is 2. The van der Waals surface area contributed by atoms with Gasteiger partial charge in [0.25, 0.3) is 11.8 Å². The molecule has 3 rings (SSSR count). The Bertz CT molecular complexity index is 714. The van der Waals surface area contributed by atoms with Gasteiger partial charge >= 0.3 is 0 Å². The number of hydrogen-bond donors (Lipinski definition) is 0. The van der Waals surface area contributed by atoms with Crippen molar-refractivity contribution in [1.29, 1.82) is 0 Å². The molecule has 28 heavy (non-hydrogen) atoms. The summed E-state index contributed by atoms with van der Waals surface area (Å²) < 4.78 is 11.1. The van der Waals surface area contributed by atoms with E-state index < -0.39 is 0 Å². The Morgan fingerprint density at radius 1 is 0.750 bits per heavy atom. The number of hydrogen-bond acceptors (Lipinski definition) is 4. The van der Waals surface area contributed by atoms with Gasteiger partial charge < -0.3 is 19.3 Å². The first-order valence-electron chi connectivity index (χ1n) is 9.49. The molecule has 1 heterocycles. The zero-order chi connectivity index (χ0) is 19.9. The van der Waals surface area contributed by atoms with E-state index in [0.29, 0.717) is 24.6 Å². The van der Waals surface area contributed by atoms with E-state index in [4.69, 9.17) is 9.47 Å². The van der Waals surface area contributed by atoms with E-state index in [1.807, 2.05) is 74.5 Å². The van der Waals surface area contributed by atoms with E-state index in [-0.39, 0.29) is 37.1 Å². The molecule has 1 aliphatic heterocycles. The van der Waals surface area contributed by atoms with E-state index in [9.17, 15) is 9.59 Å². The first-order chi connectivity index (χ1) is 13.5. The van der Waals surface area contributed by atoms with Crippen LogP contribution in [0.5, 0.6) is 11.5 Å². The number of benzene rings is 2. The summed E-state index contributed by atoms with van der Waals surface area (Å²) in [6, 6.07) is 18.4. The minimum Gasteiger partial charge on any atom is -0.484 e. The Morgan fingerprint density at radius 2 is 1.11 bits per heavy atom. The van der Waals surface area contributed by atoms with Crippen molar-refractivity contribution in [2.45, 2.75) is 25.9 Å². The maximum atomic E-state index is 12.6. The smallest absolute Gasteiger partial charge is 0.260 e. The zero-order valence-corrected chi connectivity index (χ0v) is 16.3. The molecular formula is C22H26N2O4. The van der Waals surface area contributed by atoms with Crippen molar-refractivity contribution < 1.29 is 19.1 Å². The highest BCUT2D eigenvalue weighted by Gasteiger charge is 2.34. The first-order valence-corrected chi connectivity index (χ1v) is 9.49. The largest absolute Gasteiger partial charge is 0.484 e. The highest BCUT2D eigenvalue weighted by Crippen LogP contribution is 2.17. The average molecular weight is 382 g/mol. The predicted octanol–water partition coefficient (Wildman–Crippen LogP) is 2.59. The van der Waals surface area contributed by atoms with Gasteiger partial charge in [0, 0.05) is 25.2 Å². The highest BCUT2D eigenvalue weighted by molar-refractivity contribution is 5.80. The summed E-state index contributed by atoms with van der Waals surface area (Å²) in [5.74, 6) is 1.19. The molecule has 0 bridgehead atoms. The molecule has 0 radical (unpaired) electrons. The van der Waals surface area contributed by atoms with Crippen molar-refractivity contribution in [2.24, 2.45) is 0 Å². The predicted molar refractivity (Wildman–Crippen MR) is 106 cm³/mol. The van der Waals surface area contributed by atoms with Gasteiger partial charge in [-0.05, 0) is 38.1 Å². The molecule has 2 atom stereocenters. The average Bonchev–Trinajstić information content (AvgIpc) is 2.73. The van der Waals surface area contributed by atoms with Crippen LogP contribution in [0.15, 0.2) is 60.7 Å². The third kappa shape index (κ3) is 5.03. The van der Waals surface area contributed by atoms with Crippen LogP contribution in [-0.2, 0) is 9.59 Å². The number of amides is 2. The van der Waals surface area contributed by atoms with Gasteiger partial charge in [0.2, 0.25) is 0 Å². The van der Waals surface area contributed by atoms with Crippen LogP contribution in [0.1, 0.15) is 13.8 Å². The standard InChI is InChI=1S/C22H26N2O4/c1-17-13-24(22(26)16-28-20-11-7-4-8-12-20)18(2)14-23(17)21(25)15-27-19-9-5-3-6-10-19/h3-12,17-18H,13-16H2,1-2H3. The lowest BCUT2D eigenvalue weighted by atomic mass is 10.1. The van der Waals surface area contributed by atoms with Crippen molar-refractivity contribution in [1.82, 2.24) is 9.80 Å². The van der Waals surface area contributed by atoms with Crippen LogP contribution in [0, 0.1) is 0 Å². The SMILES string of the molecule is CC1CN(C(=O)COc2ccccc2)C(C)CN1C(=O)COc1ccccc1. The summed E-state index contributed by atoms with van der Waals surface area (Å²) in [5, 5.41) is 0. The van der Waals surface area contributed by atoms with E-state index in [0.717, 1.165) is 0 Å². The third-order valence-electron chi connectivity index (χ3n) is 4.84. The fourth-order valence-electron chi connectivity index (χ4n) is 3.31. The van der Waals surface area contributed by atoms with Gasteiger partial charge in [-0.25, -0.2) is 0 Å². The Labute approximate surface area is 165 Å². The zero-order valence-electron chi connectivity index (χ0n) is 16.3. The van der Waals surface area contributed by atoms with Crippen LogP contribution >= 0.6 is 0 Å². The normalized spacial score (nSPS) is 19.2. The van der Waals surface area contributed by atoms with E-state index >= 15 is 0 Å². The minimum absolute atomic E-state index is 0.00780. The molecule has 6 nitrogen and oxygen atoms in total. The lowest BCUT2D eigenvalue weighted by Crippen LogP contribution is -2.60. The van der Waals surface area contributed by atoms with Crippen LogP contribution in [0.3, 0.4) is 0 Å². The molecule has 2 aromatic rings. The number of carbonyl (C=O) groups is 2. The molecule has 0 aliphatic carbocycles. The summed E-state index contributed by atoms with van der Waals surface area (Å²) in [4.78, 5) is 28.7. The van der Waals surface area contributed by atoms with E-state index in [1.165, 1.54) is 0 Å². The lowest BCUT2D eigenvalue weighted by molar-refractivity contribution is -0.148. The van der Waals surface area contributed by atoms with Crippen LogP contribution < -0.4 is 9.47 Å². The quantitative estimate of drug-likeness (QED) is 0.771. The fraction of sp³-hybridized carbons (Fsp3) is 0.364. The van der Waals surface area contributed by atoms with Crippen molar-refractivity contribution in [3.8, 4) is 11.5 Å². The van der Waals surface area contributed by atoms with Crippen LogP contribution in [0.25, 0.3) is 0 Å². The van der Waals surface area contributed by atoms with Crippen molar-refractivity contribution in [3.05, 3.63) is 60.7 Å². The molecule has 148 valence electrons. The minimum atomic E-state index is -0.0799. The van der Waals surface area contributed by atoms with Crippen molar-refractivity contribution in [3.63, 3.8) is 0 Å². The second kappa shape index (κ2) is 9.26. The number of carbonyl (C=O) groups excluding carboxylic acids is 2. The molecule has 1 saturated heterocycles. The molecule has 1 aliphatic rings. The molecule has 0 N–H and O–H groups in total. The summed E-state index contributed by atoms with van der Waals surface area (Å²) >= 11 is 0. The molecular weight excluding hydrogens is 356 g/mol. The second-order valence-electron chi connectivity index (χ2n) is 6.99. The summed E-state index contributed by atoms with van der Waals surface area (Å²) in [6.45, 7) is 4.85. The summed E-state index contributed by atoms with van der Waals surface area (Å²) in [7, 11) is 0. The van der Waals surface area contributed by atoms with Crippen molar-refractivity contribution in [2.75, 3.05) is 26.3 Å². The molecule has 1 fully saturated rings. The molecule has 0 spiro atoms. The molecule has 0 aromatic heterocycles. The second-order valence-corrected chi connectivity index (χ2v) is 6.99. The fourth-order valence-corrected chi connectivity index (χ4v) is 3.31. The third-order valence-corrected chi connectivity index (χ3v) is 4.84. The Kier molecular flexibility index (Phi) is 6.53. The number of rotatable bonds is 6. The van der Waals surface area contributed by atoms with Gasteiger partial charge in [0.05, 0.1) is 0 Å². The lowest BCUT2D eigenvalue weighted by Gasteiger charge is -2.44. The van der Waals surface area contributed by atoms with Crippen LogP contribution in [0.2, 0.25) is 0 Å². The summed E-state index contributed by atoms with van der Waals surface area (Å²) in [5.41, 5.74) is 0. The highest BCUT2D eigenvalue weighted by atomic mass is 16.5. The molecule has 2 amide bonds. The van der Waals surface area contributed by atoms with Gasteiger partial charge in [-0.3, -0.25) is 9.59 Å². The molecule has 2 aromatic carbocycles. The van der Waals surface area contributed by atoms with Gasteiger partial charge in [0.1, 0.15) is 11.5 Å². The van der Waals surface area contributed by atoms with Crippen molar-refractivity contribution >= 4 is 11.8 Å². The molecule has 6 heteroatoms. The maximum Gasteiger partial charge on any atom is 0.260 e. The maximum absolute atomic E-state index is 12.6.